The first kappa shape index (κ1) is 17.9. The molecular formula is C20H29N3O2. The van der Waals surface area contributed by atoms with Gasteiger partial charge in [-0.1, -0.05) is 63.4 Å². The SMILES string of the molecule is CCN(CC)CN1C(=O)NC(c2ccccc2)(C2CCCCC2)C1=O. The number of carbonyl (C=O) groups excluding carboxylic acids is 2. The maximum absolute atomic E-state index is 13.5. The molecule has 5 heteroatoms. The highest BCUT2D eigenvalue weighted by molar-refractivity contribution is 6.07. The summed E-state index contributed by atoms with van der Waals surface area (Å²) in [5.74, 6) is 0.0873. The third-order valence-corrected chi connectivity index (χ3v) is 5.81. The molecule has 1 aliphatic heterocycles. The summed E-state index contributed by atoms with van der Waals surface area (Å²) in [6, 6.07) is 9.55. The van der Waals surface area contributed by atoms with Gasteiger partial charge in [-0.15, -0.1) is 0 Å². The average Bonchev–Trinajstić information content (AvgIpc) is 2.92. The molecule has 0 spiro atoms. The Bertz CT molecular complexity index is 609. The Hall–Kier alpha value is -1.88. The molecular weight excluding hydrogens is 314 g/mol. The second kappa shape index (κ2) is 7.56. The lowest BCUT2D eigenvalue weighted by Gasteiger charge is -2.38. The fourth-order valence-electron chi connectivity index (χ4n) is 4.29. The van der Waals surface area contributed by atoms with E-state index in [0.717, 1.165) is 44.3 Å². The summed E-state index contributed by atoms with van der Waals surface area (Å²) in [6.45, 7) is 6.09. The number of hydrogen-bond acceptors (Lipinski definition) is 3. The Morgan fingerprint density at radius 1 is 1.08 bits per heavy atom. The minimum Gasteiger partial charge on any atom is -0.319 e. The van der Waals surface area contributed by atoms with Crippen LogP contribution in [-0.4, -0.2) is 41.5 Å². The van der Waals surface area contributed by atoms with Crippen LogP contribution < -0.4 is 5.32 Å². The number of hydrogen-bond donors (Lipinski definition) is 1. The molecule has 1 saturated carbocycles. The topological polar surface area (TPSA) is 52.6 Å². The average molecular weight is 343 g/mol. The smallest absolute Gasteiger partial charge is 0.319 e. The lowest BCUT2D eigenvalue weighted by molar-refractivity contribution is -0.135. The van der Waals surface area contributed by atoms with Gasteiger partial charge in [0, 0.05) is 0 Å². The van der Waals surface area contributed by atoms with E-state index in [1.807, 2.05) is 44.2 Å². The highest BCUT2D eigenvalue weighted by Crippen LogP contribution is 2.43. The van der Waals surface area contributed by atoms with Crippen LogP contribution in [0.3, 0.4) is 0 Å². The molecule has 1 N–H and O–H groups in total. The molecule has 0 radical (unpaired) electrons. The third kappa shape index (κ3) is 3.17. The van der Waals surface area contributed by atoms with Crippen molar-refractivity contribution in [3.05, 3.63) is 35.9 Å². The van der Waals surface area contributed by atoms with Crippen LogP contribution in [0.5, 0.6) is 0 Å². The Kier molecular flexibility index (Phi) is 5.42. The molecule has 1 aromatic carbocycles. The molecule has 0 bridgehead atoms. The van der Waals surface area contributed by atoms with Gasteiger partial charge in [-0.2, -0.15) is 0 Å². The molecule has 1 unspecified atom stereocenters. The fourth-order valence-corrected chi connectivity index (χ4v) is 4.29. The highest BCUT2D eigenvalue weighted by Gasteiger charge is 2.56. The zero-order valence-electron chi connectivity index (χ0n) is 15.3. The van der Waals surface area contributed by atoms with Crippen molar-refractivity contribution in [1.29, 1.82) is 0 Å². The first-order valence-corrected chi connectivity index (χ1v) is 9.55. The molecule has 3 rings (SSSR count). The second-order valence-corrected chi connectivity index (χ2v) is 7.12. The molecule has 2 aliphatic rings. The van der Waals surface area contributed by atoms with Crippen molar-refractivity contribution in [2.75, 3.05) is 19.8 Å². The van der Waals surface area contributed by atoms with Crippen molar-refractivity contribution in [2.24, 2.45) is 5.92 Å². The van der Waals surface area contributed by atoms with E-state index in [4.69, 9.17) is 0 Å². The van der Waals surface area contributed by atoms with Gasteiger partial charge in [0.15, 0.2) is 0 Å². The van der Waals surface area contributed by atoms with E-state index < -0.39 is 5.54 Å². The van der Waals surface area contributed by atoms with Gasteiger partial charge in [-0.25, -0.2) is 9.69 Å². The first-order valence-electron chi connectivity index (χ1n) is 9.55. The zero-order chi connectivity index (χ0) is 17.9. The molecule has 3 amide bonds. The minimum atomic E-state index is -0.897. The van der Waals surface area contributed by atoms with Crippen molar-refractivity contribution in [3.8, 4) is 0 Å². The molecule has 1 saturated heterocycles. The van der Waals surface area contributed by atoms with Gasteiger partial charge >= 0.3 is 6.03 Å². The third-order valence-electron chi connectivity index (χ3n) is 5.81. The summed E-state index contributed by atoms with van der Waals surface area (Å²) >= 11 is 0. The molecule has 1 aromatic rings. The van der Waals surface area contributed by atoms with Gasteiger partial charge in [0.2, 0.25) is 0 Å². The number of carbonyl (C=O) groups is 2. The summed E-state index contributed by atoms with van der Waals surface area (Å²) in [5, 5.41) is 3.12. The fraction of sp³-hybridized carbons (Fsp3) is 0.600. The molecule has 2 fully saturated rings. The Morgan fingerprint density at radius 3 is 2.32 bits per heavy atom. The number of rotatable bonds is 6. The van der Waals surface area contributed by atoms with Crippen LogP contribution in [0, 0.1) is 5.92 Å². The molecule has 1 atom stereocenters. The predicted molar refractivity (Wildman–Crippen MR) is 97.9 cm³/mol. The number of urea groups is 1. The van der Waals surface area contributed by atoms with E-state index >= 15 is 0 Å². The quantitative estimate of drug-likeness (QED) is 0.806. The Balaban J connectivity index is 1.98. The van der Waals surface area contributed by atoms with E-state index in [-0.39, 0.29) is 17.9 Å². The first-order chi connectivity index (χ1) is 12.1. The number of amides is 3. The van der Waals surface area contributed by atoms with Crippen molar-refractivity contribution in [1.82, 2.24) is 15.1 Å². The summed E-state index contributed by atoms with van der Waals surface area (Å²) in [4.78, 5) is 29.8. The summed E-state index contributed by atoms with van der Waals surface area (Å²) in [6.07, 6.45) is 5.43. The van der Waals surface area contributed by atoms with E-state index in [1.165, 1.54) is 11.3 Å². The molecule has 0 aromatic heterocycles. The number of nitrogens with zero attached hydrogens (tertiary/aromatic N) is 2. The van der Waals surface area contributed by atoms with Crippen molar-refractivity contribution >= 4 is 11.9 Å². The van der Waals surface area contributed by atoms with Gasteiger partial charge in [-0.3, -0.25) is 9.69 Å². The molecule has 5 nitrogen and oxygen atoms in total. The van der Waals surface area contributed by atoms with Crippen LogP contribution in [0.25, 0.3) is 0 Å². The lowest BCUT2D eigenvalue weighted by Crippen LogP contribution is -2.51. The maximum atomic E-state index is 13.5. The largest absolute Gasteiger partial charge is 0.326 e. The number of imide groups is 1. The summed E-state index contributed by atoms with van der Waals surface area (Å²) < 4.78 is 0. The van der Waals surface area contributed by atoms with Crippen LogP contribution in [0.2, 0.25) is 0 Å². The second-order valence-electron chi connectivity index (χ2n) is 7.12. The van der Waals surface area contributed by atoms with Crippen LogP contribution >= 0.6 is 0 Å². The standard InChI is InChI=1S/C20H29N3O2/c1-3-22(4-2)15-23-18(24)20(21-19(23)25,16-11-7-5-8-12-16)17-13-9-6-10-14-17/h5,7-8,11-12,17H,3-4,6,9-10,13-15H2,1-2H3,(H,21,25). The maximum Gasteiger partial charge on any atom is 0.326 e. The lowest BCUT2D eigenvalue weighted by atomic mass is 9.71. The van der Waals surface area contributed by atoms with Gasteiger partial charge < -0.3 is 5.32 Å². The van der Waals surface area contributed by atoms with Crippen molar-refractivity contribution < 1.29 is 9.59 Å². The zero-order valence-corrected chi connectivity index (χ0v) is 15.3. The Morgan fingerprint density at radius 2 is 1.72 bits per heavy atom. The van der Waals surface area contributed by atoms with Gasteiger partial charge in [-0.05, 0) is 37.4 Å². The summed E-state index contributed by atoms with van der Waals surface area (Å²) in [5.41, 5.74) is 0.0219. The number of benzene rings is 1. The highest BCUT2D eigenvalue weighted by atomic mass is 16.2. The van der Waals surface area contributed by atoms with Crippen LogP contribution in [0.1, 0.15) is 51.5 Å². The van der Waals surface area contributed by atoms with Crippen molar-refractivity contribution in [3.63, 3.8) is 0 Å². The normalized spacial score (nSPS) is 24.8. The van der Waals surface area contributed by atoms with E-state index in [0.29, 0.717) is 6.67 Å². The molecule has 1 aliphatic carbocycles. The van der Waals surface area contributed by atoms with E-state index in [9.17, 15) is 9.59 Å². The molecule has 25 heavy (non-hydrogen) atoms. The van der Waals surface area contributed by atoms with E-state index in [1.54, 1.807) is 0 Å². The van der Waals surface area contributed by atoms with Gasteiger partial charge in [0.1, 0.15) is 5.54 Å². The number of nitrogens with one attached hydrogen (secondary N) is 1. The molecule has 136 valence electrons. The summed E-state index contributed by atoms with van der Waals surface area (Å²) in [7, 11) is 0. The van der Waals surface area contributed by atoms with Crippen LogP contribution in [-0.2, 0) is 10.3 Å². The Labute approximate surface area is 150 Å². The monoisotopic (exact) mass is 343 g/mol. The minimum absolute atomic E-state index is 0.0810. The molecule has 1 heterocycles. The van der Waals surface area contributed by atoms with Crippen LogP contribution in [0.15, 0.2) is 30.3 Å². The van der Waals surface area contributed by atoms with Crippen molar-refractivity contribution in [2.45, 2.75) is 51.5 Å². The van der Waals surface area contributed by atoms with Gasteiger partial charge in [0.25, 0.3) is 5.91 Å². The van der Waals surface area contributed by atoms with Crippen LogP contribution in [0.4, 0.5) is 4.79 Å². The van der Waals surface area contributed by atoms with Gasteiger partial charge in [0.05, 0.1) is 6.67 Å². The van der Waals surface area contributed by atoms with E-state index in [2.05, 4.69) is 10.2 Å². The predicted octanol–water partition coefficient (Wildman–Crippen LogP) is 3.31.